The normalized spacial score (nSPS) is 24.7. The van der Waals surface area contributed by atoms with Crippen LogP contribution in [0, 0.1) is 5.92 Å². The summed E-state index contributed by atoms with van der Waals surface area (Å²) < 4.78 is 0. The molecule has 0 bridgehead atoms. The van der Waals surface area contributed by atoms with E-state index >= 15 is 0 Å². The summed E-state index contributed by atoms with van der Waals surface area (Å²) in [4.78, 5) is 0. The van der Waals surface area contributed by atoms with Crippen LogP contribution < -0.4 is 0 Å². The van der Waals surface area contributed by atoms with Gasteiger partial charge in [0.05, 0.1) is 0 Å². The van der Waals surface area contributed by atoms with Crippen molar-refractivity contribution in [2.24, 2.45) is 5.92 Å². The van der Waals surface area contributed by atoms with E-state index in [2.05, 4.69) is 32.9 Å². The fourth-order valence-electron chi connectivity index (χ4n) is 1.86. The van der Waals surface area contributed by atoms with E-state index < -0.39 is 0 Å². The minimum Gasteiger partial charge on any atom is -0.0813 e. The van der Waals surface area contributed by atoms with E-state index in [1.54, 1.807) is 11.1 Å². The van der Waals surface area contributed by atoms with Crippen molar-refractivity contribution < 1.29 is 0 Å². The highest BCUT2D eigenvalue weighted by Crippen LogP contribution is 2.31. The van der Waals surface area contributed by atoms with Crippen molar-refractivity contribution in [2.45, 2.75) is 46.5 Å². The molecule has 1 saturated carbocycles. The minimum atomic E-state index is 0.707. The van der Waals surface area contributed by atoms with Gasteiger partial charge in [0.25, 0.3) is 0 Å². The highest BCUT2D eigenvalue weighted by Gasteiger charge is 2.12. The van der Waals surface area contributed by atoms with Crippen molar-refractivity contribution in [1.29, 1.82) is 0 Å². The Morgan fingerprint density at radius 3 is 2.50 bits per heavy atom. The van der Waals surface area contributed by atoms with E-state index in [1.165, 1.54) is 25.7 Å². The second-order valence-corrected chi connectivity index (χ2v) is 3.93. The summed E-state index contributed by atoms with van der Waals surface area (Å²) >= 11 is 0. The van der Waals surface area contributed by atoms with Crippen molar-refractivity contribution in [3.63, 3.8) is 0 Å². The van der Waals surface area contributed by atoms with Gasteiger partial charge in [0.1, 0.15) is 0 Å². The van der Waals surface area contributed by atoms with E-state index in [9.17, 15) is 0 Å². The van der Waals surface area contributed by atoms with Crippen LogP contribution in [0.1, 0.15) is 46.5 Å². The zero-order valence-corrected chi connectivity index (χ0v) is 8.56. The molecule has 0 heteroatoms. The number of rotatable bonds is 2. The van der Waals surface area contributed by atoms with Gasteiger partial charge in [-0.05, 0) is 42.7 Å². The Kier molecular flexibility index (Phi) is 3.58. The Bertz CT molecular complexity index is 194. The lowest BCUT2D eigenvalue weighted by atomic mass is 10.0. The van der Waals surface area contributed by atoms with Crippen LogP contribution >= 0.6 is 0 Å². The predicted octanol–water partition coefficient (Wildman–Crippen LogP) is 4.09. The Labute approximate surface area is 76.4 Å². The standard InChI is InChI=1S/C12H20/c1-4-6-11-7-5-8-12(11)9-10(2)3/h6,9-10H,4-5,7-8H2,1-3H3/b11-6-,12-9-. The number of hydrogen-bond donors (Lipinski definition) is 0. The molecule has 68 valence electrons. The van der Waals surface area contributed by atoms with E-state index in [0.29, 0.717) is 5.92 Å². The highest BCUT2D eigenvalue weighted by molar-refractivity contribution is 5.34. The molecule has 0 heterocycles. The smallest absolute Gasteiger partial charge is 0.0276 e. The molecule has 12 heavy (non-hydrogen) atoms. The third kappa shape index (κ3) is 2.51. The van der Waals surface area contributed by atoms with E-state index in [1.807, 2.05) is 0 Å². The molecule has 0 saturated heterocycles. The summed E-state index contributed by atoms with van der Waals surface area (Å²) in [6.45, 7) is 6.74. The molecule has 1 aliphatic carbocycles. The van der Waals surface area contributed by atoms with Gasteiger partial charge in [-0.2, -0.15) is 0 Å². The third-order valence-electron chi connectivity index (χ3n) is 2.29. The first kappa shape index (κ1) is 9.57. The molecule has 0 N–H and O–H groups in total. The first-order valence-corrected chi connectivity index (χ1v) is 5.14. The van der Waals surface area contributed by atoms with E-state index in [-0.39, 0.29) is 0 Å². The number of hydrogen-bond acceptors (Lipinski definition) is 0. The van der Waals surface area contributed by atoms with Gasteiger partial charge in [-0.3, -0.25) is 0 Å². The molecule has 0 aromatic carbocycles. The highest BCUT2D eigenvalue weighted by atomic mass is 14.2. The van der Waals surface area contributed by atoms with E-state index in [4.69, 9.17) is 0 Å². The molecule has 0 aromatic heterocycles. The summed E-state index contributed by atoms with van der Waals surface area (Å²) in [5.41, 5.74) is 3.23. The molecule has 0 spiro atoms. The maximum Gasteiger partial charge on any atom is -0.0276 e. The van der Waals surface area contributed by atoms with Crippen molar-refractivity contribution in [3.8, 4) is 0 Å². The van der Waals surface area contributed by atoms with Crippen molar-refractivity contribution in [3.05, 3.63) is 23.3 Å². The predicted molar refractivity (Wildman–Crippen MR) is 55.1 cm³/mol. The lowest BCUT2D eigenvalue weighted by Crippen LogP contribution is -1.85. The fraction of sp³-hybridized carbons (Fsp3) is 0.667. The van der Waals surface area contributed by atoms with Crippen LogP contribution in [0.15, 0.2) is 23.3 Å². The van der Waals surface area contributed by atoms with Gasteiger partial charge in [0.15, 0.2) is 0 Å². The Balaban J connectivity index is 2.70. The topological polar surface area (TPSA) is 0 Å². The second kappa shape index (κ2) is 4.49. The Morgan fingerprint density at radius 2 is 1.92 bits per heavy atom. The van der Waals surface area contributed by atoms with Crippen LogP contribution in [0.4, 0.5) is 0 Å². The molecule has 1 rings (SSSR count). The Morgan fingerprint density at radius 1 is 1.25 bits per heavy atom. The molecule has 0 atom stereocenters. The monoisotopic (exact) mass is 164 g/mol. The van der Waals surface area contributed by atoms with Crippen molar-refractivity contribution in [2.75, 3.05) is 0 Å². The van der Waals surface area contributed by atoms with Gasteiger partial charge in [-0.1, -0.05) is 32.9 Å². The fourth-order valence-corrected chi connectivity index (χ4v) is 1.86. The molecule has 0 unspecified atom stereocenters. The van der Waals surface area contributed by atoms with Gasteiger partial charge in [0.2, 0.25) is 0 Å². The van der Waals surface area contributed by atoms with Gasteiger partial charge < -0.3 is 0 Å². The average Bonchev–Trinajstić information content (AvgIpc) is 2.37. The largest absolute Gasteiger partial charge is 0.0813 e. The van der Waals surface area contributed by atoms with Crippen LogP contribution in [-0.4, -0.2) is 0 Å². The summed E-state index contributed by atoms with van der Waals surface area (Å²) in [5.74, 6) is 0.707. The first-order chi connectivity index (χ1) is 5.74. The molecule has 0 aliphatic heterocycles. The maximum absolute atomic E-state index is 2.43. The average molecular weight is 164 g/mol. The van der Waals surface area contributed by atoms with Crippen LogP contribution in [0.25, 0.3) is 0 Å². The minimum absolute atomic E-state index is 0.707. The van der Waals surface area contributed by atoms with Gasteiger partial charge in [0, 0.05) is 0 Å². The number of allylic oxidation sites excluding steroid dienone is 4. The zero-order chi connectivity index (χ0) is 8.97. The first-order valence-electron chi connectivity index (χ1n) is 5.14. The summed E-state index contributed by atoms with van der Waals surface area (Å²) in [5, 5.41) is 0. The quantitative estimate of drug-likeness (QED) is 0.576. The zero-order valence-electron chi connectivity index (χ0n) is 8.56. The second-order valence-electron chi connectivity index (χ2n) is 3.93. The molecule has 0 aromatic rings. The molecule has 1 fully saturated rings. The third-order valence-corrected chi connectivity index (χ3v) is 2.29. The van der Waals surface area contributed by atoms with Crippen molar-refractivity contribution in [1.82, 2.24) is 0 Å². The summed E-state index contributed by atoms with van der Waals surface area (Å²) in [6.07, 6.45) is 9.99. The molecular formula is C12H20. The van der Waals surface area contributed by atoms with Gasteiger partial charge >= 0.3 is 0 Å². The van der Waals surface area contributed by atoms with Gasteiger partial charge in [-0.25, -0.2) is 0 Å². The van der Waals surface area contributed by atoms with Gasteiger partial charge in [-0.15, -0.1) is 0 Å². The Hall–Kier alpha value is -0.520. The SMILES string of the molecule is CC/C=C1/CCC/C1=C/C(C)C. The van der Waals surface area contributed by atoms with E-state index in [0.717, 1.165) is 0 Å². The molecule has 0 radical (unpaired) electrons. The molecule has 1 aliphatic rings. The maximum atomic E-state index is 2.43. The van der Waals surface area contributed by atoms with Crippen LogP contribution in [-0.2, 0) is 0 Å². The van der Waals surface area contributed by atoms with Crippen LogP contribution in [0.3, 0.4) is 0 Å². The van der Waals surface area contributed by atoms with Crippen LogP contribution in [0.2, 0.25) is 0 Å². The molecule has 0 nitrogen and oxygen atoms in total. The van der Waals surface area contributed by atoms with Crippen molar-refractivity contribution >= 4 is 0 Å². The summed E-state index contributed by atoms with van der Waals surface area (Å²) in [7, 11) is 0. The lowest BCUT2D eigenvalue weighted by molar-refractivity contribution is 0.817. The lowest BCUT2D eigenvalue weighted by Gasteiger charge is -2.02. The van der Waals surface area contributed by atoms with Crippen LogP contribution in [0.5, 0.6) is 0 Å². The molecular weight excluding hydrogens is 144 g/mol. The molecule has 0 amide bonds. The summed E-state index contributed by atoms with van der Waals surface area (Å²) in [6, 6.07) is 0.